The molecule has 2 rings (SSSR count). The molecule has 0 bridgehead atoms. The van der Waals surface area contributed by atoms with Crippen molar-refractivity contribution in [1.82, 2.24) is 10.3 Å². The van der Waals surface area contributed by atoms with Crippen LogP contribution in [0.1, 0.15) is 16.1 Å². The molecule has 0 fully saturated rings. The topological polar surface area (TPSA) is 42.0 Å². The van der Waals surface area contributed by atoms with E-state index in [-0.39, 0.29) is 16.5 Å². The summed E-state index contributed by atoms with van der Waals surface area (Å²) in [6.45, 7) is 0.326. The highest BCUT2D eigenvalue weighted by atomic mass is 35.5. The average Bonchev–Trinajstić information content (AvgIpc) is 2.82. The summed E-state index contributed by atoms with van der Waals surface area (Å²) < 4.78 is 13.1. The van der Waals surface area contributed by atoms with Gasteiger partial charge in [0.15, 0.2) is 0 Å². The van der Waals surface area contributed by atoms with Gasteiger partial charge in [-0.2, -0.15) is 0 Å². The van der Waals surface area contributed by atoms with E-state index in [0.717, 1.165) is 11.8 Å². The molecule has 0 atom stereocenters. The third-order valence-corrected chi connectivity index (χ3v) is 3.04. The minimum atomic E-state index is -0.604. The molecule has 0 unspecified atom stereocenters. The van der Waals surface area contributed by atoms with Crippen molar-refractivity contribution in [2.45, 2.75) is 6.54 Å². The highest BCUT2D eigenvalue weighted by molar-refractivity contribution is 7.07. The van der Waals surface area contributed by atoms with Crippen LogP contribution in [-0.2, 0) is 6.54 Å². The molecule has 1 amide bonds. The smallest absolute Gasteiger partial charge is 0.251 e. The summed E-state index contributed by atoms with van der Waals surface area (Å²) in [7, 11) is 0. The molecule has 0 aliphatic rings. The number of hydrogen-bond acceptors (Lipinski definition) is 3. The number of nitrogens with zero attached hydrogens (tertiary/aromatic N) is 1. The van der Waals surface area contributed by atoms with E-state index >= 15 is 0 Å². The Bertz CT molecular complexity index is 530. The minimum absolute atomic E-state index is 0.000973. The fourth-order valence-corrected chi connectivity index (χ4v) is 1.91. The fraction of sp³-hybridized carbons (Fsp3) is 0.0909. The molecule has 0 spiro atoms. The van der Waals surface area contributed by atoms with Crippen molar-refractivity contribution < 1.29 is 9.18 Å². The zero-order valence-electron chi connectivity index (χ0n) is 8.61. The lowest BCUT2D eigenvalue weighted by Crippen LogP contribution is -2.23. The summed E-state index contributed by atoms with van der Waals surface area (Å²) >= 11 is 6.98. The lowest BCUT2D eigenvalue weighted by atomic mass is 10.2. The molecule has 6 heteroatoms. The molecule has 2 aromatic rings. The third-order valence-electron chi connectivity index (χ3n) is 2.10. The van der Waals surface area contributed by atoms with E-state index in [1.807, 2.05) is 5.38 Å². The van der Waals surface area contributed by atoms with Gasteiger partial charge < -0.3 is 5.32 Å². The Morgan fingerprint density at radius 2 is 2.35 bits per heavy atom. The summed E-state index contributed by atoms with van der Waals surface area (Å²) in [5.74, 6) is -0.957. The Balaban J connectivity index is 2.02. The first-order chi connectivity index (χ1) is 8.16. The van der Waals surface area contributed by atoms with Gasteiger partial charge in [0.1, 0.15) is 5.82 Å². The summed E-state index contributed by atoms with van der Waals surface area (Å²) in [6.07, 6.45) is 0. The lowest BCUT2D eigenvalue weighted by Gasteiger charge is -2.03. The van der Waals surface area contributed by atoms with Crippen LogP contribution in [0.4, 0.5) is 4.39 Å². The van der Waals surface area contributed by atoms with Crippen molar-refractivity contribution >= 4 is 28.8 Å². The van der Waals surface area contributed by atoms with Crippen LogP contribution in [0.15, 0.2) is 29.1 Å². The number of benzene rings is 1. The van der Waals surface area contributed by atoms with Crippen LogP contribution in [-0.4, -0.2) is 10.9 Å². The largest absolute Gasteiger partial charge is 0.346 e. The number of amides is 1. The second kappa shape index (κ2) is 5.25. The molecular weight excluding hydrogens is 263 g/mol. The summed E-state index contributed by atoms with van der Waals surface area (Å²) in [5.41, 5.74) is 2.70. The van der Waals surface area contributed by atoms with Gasteiger partial charge in [-0.3, -0.25) is 4.79 Å². The molecule has 1 aromatic heterocycles. The Labute approximate surface area is 106 Å². The first-order valence-corrected chi connectivity index (χ1v) is 6.09. The van der Waals surface area contributed by atoms with E-state index in [1.165, 1.54) is 23.5 Å². The highest BCUT2D eigenvalue weighted by Gasteiger charge is 2.08. The van der Waals surface area contributed by atoms with Gasteiger partial charge in [0, 0.05) is 10.9 Å². The molecule has 17 heavy (non-hydrogen) atoms. The van der Waals surface area contributed by atoms with Crippen molar-refractivity contribution in [3.05, 3.63) is 51.2 Å². The van der Waals surface area contributed by atoms with Gasteiger partial charge in [0.05, 0.1) is 22.8 Å². The maximum atomic E-state index is 13.1. The summed E-state index contributed by atoms with van der Waals surface area (Å²) in [6, 6.07) is 3.94. The molecule has 0 aliphatic carbocycles. The standard InChI is InChI=1S/C11H8ClFN2OS/c12-9-2-1-7(3-10(9)13)11(16)14-4-8-5-17-6-15-8/h1-3,5-6H,4H2,(H,14,16). The van der Waals surface area contributed by atoms with Crippen molar-refractivity contribution in [3.63, 3.8) is 0 Å². The zero-order chi connectivity index (χ0) is 12.3. The van der Waals surface area contributed by atoms with Gasteiger partial charge in [-0.15, -0.1) is 11.3 Å². The van der Waals surface area contributed by atoms with Gasteiger partial charge in [-0.1, -0.05) is 11.6 Å². The predicted molar refractivity (Wildman–Crippen MR) is 64.7 cm³/mol. The van der Waals surface area contributed by atoms with Crippen molar-refractivity contribution in [1.29, 1.82) is 0 Å². The summed E-state index contributed by atoms with van der Waals surface area (Å²) in [5, 5.41) is 4.48. The van der Waals surface area contributed by atoms with E-state index in [9.17, 15) is 9.18 Å². The number of nitrogens with one attached hydrogen (secondary N) is 1. The van der Waals surface area contributed by atoms with Crippen LogP contribution in [0.3, 0.4) is 0 Å². The van der Waals surface area contributed by atoms with Crippen LogP contribution in [0.2, 0.25) is 5.02 Å². The maximum absolute atomic E-state index is 13.1. The molecular formula is C11H8ClFN2OS. The number of rotatable bonds is 3. The number of halogens is 2. The van der Waals surface area contributed by atoms with Crippen molar-refractivity contribution in [3.8, 4) is 0 Å². The Morgan fingerprint density at radius 3 is 3.00 bits per heavy atom. The lowest BCUT2D eigenvalue weighted by molar-refractivity contribution is 0.0950. The van der Waals surface area contributed by atoms with E-state index in [2.05, 4.69) is 10.3 Å². The summed E-state index contributed by atoms with van der Waals surface area (Å²) in [4.78, 5) is 15.7. The molecule has 1 aromatic carbocycles. The monoisotopic (exact) mass is 270 g/mol. The van der Waals surface area contributed by atoms with Crippen LogP contribution >= 0.6 is 22.9 Å². The maximum Gasteiger partial charge on any atom is 0.251 e. The first kappa shape index (κ1) is 12.0. The first-order valence-electron chi connectivity index (χ1n) is 4.77. The molecule has 0 aliphatic heterocycles. The van der Waals surface area contributed by atoms with E-state index < -0.39 is 5.82 Å². The van der Waals surface area contributed by atoms with Crippen LogP contribution < -0.4 is 5.32 Å². The fourth-order valence-electron chi connectivity index (χ4n) is 1.24. The second-order valence-electron chi connectivity index (χ2n) is 3.29. The number of carbonyl (C=O) groups excluding carboxylic acids is 1. The van der Waals surface area contributed by atoms with Crippen LogP contribution in [0.5, 0.6) is 0 Å². The highest BCUT2D eigenvalue weighted by Crippen LogP contribution is 2.15. The van der Waals surface area contributed by atoms with Gasteiger partial charge in [0.2, 0.25) is 0 Å². The predicted octanol–water partition coefficient (Wildman–Crippen LogP) is 2.87. The van der Waals surface area contributed by atoms with Crippen LogP contribution in [0, 0.1) is 5.82 Å². The molecule has 0 saturated carbocycles. The second-order valence-corrected chi connectivity index (χ2v) is 4.42. The van der Waals surface area contributed by atoms with Gasteiger partial charge >= 0.3 is 0 Å². The number of hydrogen-bond donors (Lipinski definition) is 1. The normalized spacial score (nSPS) is 10.2. The third kappa shape index (κ3) is 3.01. The van der Waals surface area contributed by atoms with E-state index in [0.29, 0.717) is 6.54 Å². The van der Waals surface area contributed by atoms with Crippen molar-refractivity contribution in [2.75, 3.05) is 0 Å². The van der Waals surface area contributed by atoms with Gasteiger partial charge in [-0.25, -0.2) is 9.37 Å². The number of aromatic nitrogens is 1. The van der Waals surface area contributed by atoms with Crippen molar-refractivity contribution in [2.24, 2.45) is 0 Å². The Kier molecular flexibility index (Phi) is 3.71. The molecule has 1 N–H and O–H groups in total. The molecule has 0 radical (unpaired) electrons. The van der Waals surface area contributed by atoms with Gasteiger partial charge in [-0.05, 0) is 18.2 Å². The molecule has 3 nitrogen and oxygen atoms in total. The van der Waals surface area contributed by atoms with Gasteiger partial charge in [0.25, 0.3) is 5.91 Å². The molecule has 0 saturated heterocycles. The quantitative estimate of drug-likeness (QED) is 0.932. The Morgan fingerprint density at radius 1 is 1.53 bits per heavy atom. The van der Waals surface area contributed by atoms with Crippen LogP contribution in [0.25, 0.3) is 0 Å². The number of carbonyl (C=O) groups is 1. The van der Waals surface area contributed by atoms with E-state index in [4.69, 9.17) is 11.6 Å². The van der Waals surface area contributed by atoms with E-state index in [1.54, 1.807) is 5.51 Å². The number of thiazole rings is 1. The molecule has 88 valence electrons. The zero-order valence-corrected chi connectivity index (χ0v) is 10.2. The minimum Gasteiger partial charge on any atom is -0.346 e. The molecule has 1 heterocycles. The average molecular weight is 271 g/mol. The SMILES string of the molecule is O=C(NCc1cscn1)c1ccc(Cl)c(F)c1. The Hall–Kier alpha value is -1.46.